The molecule has 68 valence electrons. The summed E-state index contributed by atoms with van der Waals surface area (Å²) < 4.78 is 5.07. The number of rotatable bonds is 0. The summed E-state index contributed by atoms with van der Waals surface area (Å²) in [4.78, 5) is 14.6. The summed E-state index contributed by atoms with van der Waals surface area (Å²) in [6.45, 7) is 0.491. The zero-order chi connectivity index (χ0) is 9.36. The lowest BCUT2D eigenvalue weighted by molar-refractivity contribution is -0.116. The highest BCUT2D eigenvalue weighted by atomic mass is 16.5. The van der Waals surface area contributed by atoms with Crippen molar-refractivity contribution in [2.24, 2.45) is 4.99 Å². The number of carbonyl (C=O) groups excluding carboxylic acids is 1. The maximum atomic E-state index is 11.0. The van der Waals surface area contributed by atoms with E-state index in [2.05, 4.69) is 4.99 Å². The van der Waals surface area contributed by atoms with Crippen molar-refractivity contribution < 1.29 is 9.53 Å². The van der Waals surface area contributed by atoms with E-state index in [1.807, 2.05) is 0 Å². The van der Waals surface area contributed by atoms with Crippen molar-refractivity contribution in [1.82, 2.24) is 0 Å². The molecule has 0 saturated heterocycles. The molecule has 0 saturated carbocycles. The van der Waals surface area contributed by atoms with Gasteiger partial charge in [-0.15, -0.1) is 0 Å². The first-order chi connectivity index (χ1) is 6.39. The maximum Gasteiger partial charge on any atom is 0.249 e. The van der Waals surface area contributed by atoms with Crippen LogP contribution in [0.2, 0.25) is 0 Å². The Bertz CT molecular complexity index is 275. The Morgan fingerprint density at radius 1 is 1.23 bits per heavy atom. The lowest BCUT2D eigenvalue weighted by Crippen LogP contribution is -1.90. The first-order valence-corrected chi connectivity index (χ1v) is 4.05. The summed E-state index contributed by atoms with van der Waals surface area (Å²) in [6, 6.07) is 0. The van der Waals surface area contributed by atoms with Crippen LogP contribution in [-0.4, -0.2) is 18.7 Å². The Hall–Kier alpha value is -1.64. The molecule has 1 aliphatic heterocycles. The summed E-state index contributed by atoms with van der Waals surface area (Å²) in [7, 11) is 0. The van der Waals surface area contributed by atoms with Gasteiger partial charge in [0.1, 0.15) is 6.61 Å². The predicted octanol–water partition coefficient (Wildman–Crippen LogP) is 1.63. The smallest absolute Gasteiger partial charge is 0.249 e. The van der Waals surface area contributed by atoms with Gasteiger partial charge in [-0.25, -0.2) is 4.99 Å². The van der Waals surface area contributed by atoms with Crippen molar-refractivity contribution in [3.05, 3.63) is 36.6 Å². The molecule has 0 aromatic rings. The average Bonchev–Trinajstić information content (AvgIpc) is 2.11. The van der Waals surface area contributed by atoms with Crippen molar-refractivity contribution in [3.63, 3.8) is 0 Å². The molecule has 13 heavy (non-hydrogen) atoms. The van der Waals surface area contributed by atoms with Crippen LogP contribution in [-0.2, 0) is 9.53 Å². The number of hydrogen-bond acceptors (Lipinski definition) is 2. The minimum atomic E-state index is -0.143. The zero-order valence-corrected chi connectivity index (χ0v) is 7.22. The Labute approximate surface area is 77.1 Å². The van der Waals surface area contributed by atoms with E-state index in [0.29, 0.717) is 13.0 Å². The van der Waals surface area contributed by atoms with Crippen LogP contribution in [0.5, 0.6) is 0 Å². The fourth-order valence-electron chi connectivity index (χ4n) is 0.755. The van der Waals surface area contributed by atoms with Gasteiger partial charge >= 0.3 is 0 Å². The van der Waals surface area contributed by atoms with Crippen molar-refractivity contribution in [2.45, 2.75) is 6.42 Å². The number of amides is 1. The van der Waals surface area contributed by atoms with E-state index in [9.17, 15) is 4.79 Å². The van der Waals surface area contributed by atoms with Gasteiger partial charge in [0.2, 0.25) is 5.91 Å². The second kappa shape index (κ2) is 5.94. The van der Waals surface area contributed by atoms with Gasteiger partial charge in [-0.05, 0) is 18.2 Å². The van der Waals surface area contributed by atoms with Gasteiger partial charge in [0.15, 0.2) is 0 Å². The van der Waals surface area contributed by atoms with Crippen LogP contribution in [0.25, 0.3) is 0 Å². The molecule has 0 atom stereocenters. The summed E-state index contributed by atoms with van der Waals surface area (Å²) in [5.41, 5.74) is 0. The van der Waals surface area contributed by atoms with Crippen molar-refractivity contribution in [3.8, 4) is 0 Å². The quantitative estimate of drug-likeness (QED) is 0.564. The van der Waals surface area contributed by atoms with Crippen molar-refractivity contribution >= 4 is 12.1 Å². The van der Waals surface area contributed by atoms with Crippen LogP contribution in [0, 0.1) is 0 Å². The highest BCUT2D eigenvalue weighted by Gasteiger charge is 1.90. The van der Waals surface area contributed by atoms with E-state index in [0.717, 1.165) is 0 Å². The molecule has 0 radical (unpaired) electrons. The highest BCUT2D eigenvalue weighted by Crippen LogP contribution is 1.90. The van der Waals surface area contributed by atoms with Crippen LogP contribution in [0.1, 0.15) is 6.42 Å². The molecule has 0 aliphatic carbocycles. The maximum absolute atomic E-state index is 11.0. The van der Waals surface area contributed by atoms with E-state index in [-0.39, 0.29) is 5.91 Å². The second-order valence-electron chi connectivity index (χ2n) is 2.39. The van der Waals surface area contributed by atoms with Crippen LogP contribution in [0.4, 0.5) is 0 Å². The molecule has 0 bridgehead atoms. The third kappa shape index (κ3) is 4.74. The zero-order valence-electron chi connectivity index (χ0n) is 7.22. The normalized spacial score (nSPS) is 17.7. The minimum absolute atomic E-state index is 0.143. The number of ether oxygens (including phenoxy) is 1. The van der Waals surface area contributed by atoms with Crippen LogP contribution in [0.3, 0.4) is 0 Å². The van der Waals surface area contributed by atoms with E-state index in [1.165, 1.54) is 6.21 Å². The largest absolute Gasteiger partial charge is 0.497 e. The number of carbonyl (C=O) groups is 1. The van der Waals surface area contributed by atoms with Crippen LogP contribution >= 0.6 is 0 Å². The van der Waals surface area contributed by atoms with E-state index < -0.39 is 0 Å². The second-order valence-corrected chi connectivity index (χ2v) is 2.39. The molecule has 1 heterocycles. The fraction of sp³-hybridized carbons (Fsp3) is 0.200. The first-order valence-electron chi connectivity index (χ1n) is 4.05. The molecular weight excluding hydrogens is 166 g/mol. The molecule has 1 amide bonds. The van der Waals surface area contributed by atoms with Crippen molar-refractivity contribution in [2.75, 3.05) is 6.61 Å². The van der Waals surface area contributed by atoms with Crippen LogP contribution < -0.4 is 0 Å². The van der Waals surface area contributed by atoms with Crippen molar-refractivity contribution in [1.29, 1.82) is 0 Å². The Balaban J connectivity index is 2.56. The summed E-state index contributed by atoms with van der Waals surface area (Å²) in [5, 5.41) is 0. The number of allylic oxidation sites excluding steroid dienone is 3. The van der Waals surface area contributed by atoms with Gasteiger partial charge in [-0.2, -0.15) is 0 Å². The predicted molar refractivity (Wildman–Crippen MR) is 51.5 cm³/mol. The Kier molecular flexibility index (Phi) is 4.32. The molecule has 1 rings (SSSR count). The molecule has 0 N–H and O–H groups in total. The lowest BCUT2D eigenvalue weighted by atomic mass is 10.3. The van der Waals surface area contributed by atoms with Gasteiger partial charge in [0.25, 0.3) is 0 Å². The van der Waals surface area contributed by atoms with E-state index >= 15 is 0 Å². The third-order valence-corrected chi connectivity index (χ3v) is 1.35. The molecule has 3 heteroatoms. The highest BCUT2D eigenvalue weighted by molar-refractivity contribution is 5.89. The van der Waals surface area contributed by atoms with Gasteiger partial charge < -0.3 is 4.74 Å². The monoisotopic (exact) mass is 177 g/mol. The number of nitrogens with zero attached hydrogens (tertiary/aromatic N) is 1. The lowest BCUT2D eigenvalue weighted by Gasteiger charge is -1.92. The SMILES string of the molecule is O=C1CC=CC=COCC=CC=N1. The topological polar surface area (TPSA) is 38.7 Å². The fourth-order valence-corrected chi connectivity index (χ4v) is 0.755. The van der Waals surface area contributed by atoms with Gasteiger partial charge in [-0.3, -0.25) is 4.79 Å². The standard InChI is InChI=1S/C10H11NO2/c12-10-6-2-1-4-8-13-9-5-3-7-11-10/h1-5,7-8H,6,9H2. The minimum Gasteiger partial charge on any atom is -0.497 e. The van der Waals surface area contributed by atoms with E-state index in [4.69, 9.17) is 4.74 Å². The molecule has 3 nitrogen and oxygen atoms in total. The molecule has 0 spiro atoms. The molecule has 0 aromatic carbocycles. The molecule has 0 fully saturated rings. The summed E-state index contributed by atoms with van der Waals surface area (Å²) in [6.07, 6.45) is 12.1. The summed E-state index contributed by atoms with van der Waals surface area (Å²) >= 11 is 0. The molecule has 1 aliphatic rings. The number of hydrogen-bond donors (Lipinski definition) is 0. The Morgan fingerprint density at radius 3 is 3.08 bits per heavy atom. The number of aliphatic imine (C=N–C) groups is 1. The molecule has 0 unspecified atom stereocenters. The summed E-state index contributed by atoms with van der Waals surface area (Å²) in [5.74, 6) is -0.143. The first kappa shape index (κ1) is 9.45. The van der Waals surface area contributed by atoms with E-state index in [1.54, 1.807) is 36.6 Å². The Morgan fingerprint density at radius 2 is 2.15 bits per heavy atom. The van der Waals surface area contributed by atoms with Gasteiger partial charge in [0.05, 0.1) is 6.26 Å². The third-order valence-electron chi connectivity index (χ3n) is 1.35. The molecular formula is C10H11NO2. The van der Waals surface area contributed by atoms with Gasteiger partial charge in [-0.1, -0.05) is 12.2 Å². The van der Waals surface area contributed by atoms with Gasteiger partial charge in [0, 0.05) is 12.6 Å². The van der Waals surface area contributed by atoms with Crippen LogP contribution in [0.15, 0.2) is 41.6 Å². The molecule has 0 aromatic heterocycles. The average molecular weight is 177 g/mol.